The SMILES string of the molecule is CC(C)C[C@H](C(=O)N1CC2CCC(NC(=O)C(C3CCCCC3)C3CCCCC3)C2C1)N(C)C. The van der Waals surface area contributed by atoms with E-state index < -0.39 is 0 Å². The van der Waals surface area contributed by atoms with Gasteiger partial charge in [0.2, 0.25) is 11.8 Å². The normalized spacial score (nSPS) is 29.7. The topological polar surface area (TPSA) is 52.7 Å². The molecule has 0 spiro atoms. The van der Waals surface area contributed by atoms with Crippen molar-refractivity contribution in [2.24, 2.45) is 35.5 Å². The Balaban J connectivity index is 1.39. The van der Waals surface area contributed by atoms with Gasteiger partial charge in [-0.05, 0) is 82.7 Å². The van der Waals surface area contributed by atoms with Crippen molar-refractivity contribution in [2.45, 2.75) is 109 Å². The summed E-state index contributed by atoms with van der Waals surface area (Å²) in [7, 11) is 4.06. The first-order chi connectivity index (χ1) is 16.3. The first kappa shape index (κ1) is 26.0. The van der Waals surface area contributed by atoms with Crippen molar-refractivity contribution < 1.29 is 9.59 Å². The number of likely N-dealkylation sites (tertiary alicyclic amines) is 1. The molecule has 194 valence electrons. The van der Waals surface area contributed by atoms with Crippen molar-refractivity contribution in [2.75, 3.05) is 27.2 Å². The quantitative estimate of drug-likeness (QED) is 0.534. The fraction of sp³-hybridized carbons (Fsp3) is 0.931. The summed E-state index contributed by atoms with van der Waals surface area (Å²) in [4.78, 5) is 31.4. The van der Waals surface area contributed by atoms with Crippen LogP contribution in [0.4, 0.5) is 0 Å². The highest BCUT2D eigenvalue weighted by atomic mass is 16.2. The third-order valence-electron chi connectivity index (χ3n) is 9.72. The average molecular weight is 474 g/mol. The van der Waals surface area contributed by atoms with Crippen LogP contribution in [0.5, 0.6) is 0 Å². The summed E-state index contributed by atoms with van der Waals surface area (Å²) in [6.07, 6.45) is 16.0. The summed E-state index contributed by atoms with van der Waals surface area (Å²) in [5.74, 6) is 3.55. The number of carbonyl (C=O) groups is 2. The Morgan fingerprint density at radius 1 is 0.853 bits per heavy atom. The second kappa shape index (κ2) is 11.8. The molecule has 0 aromatic rings. The van der Waals surface area contributed by atoms with Crippen molar-refractivity contribution >= 4 is 11.8 Å². The predicted molar refractivity (Wildman–Crippen MR) is 138 cm³/mol. The molecule has 3 unspecified atom stereocenters. The lowest BCUT2D eigenvalue weighted by molar-refractivity contribution is -0.136. The van der Waals surface area contributed by atoms with Crippen LogP contribution in [0.25, 0.3) is 0 Å². The second-order valence-electron chi connectivity index (χ2n) is 12.8. The molecule has 4 atom stereocenters. The third kappa shape index (κ3) is 5.99. The largest absolute Gasteiger partial charge is 0.353 e. The fourth-order valence-corrected chi connectivity index (χ4v) is 7.89. The van der Waals surface area contributed by atoms with Gasteiger partial charge in [-0.25, -0.2) is 0 Å². The monoisotopic (exact) mass is 473 g/mol. The Bertz CT molecular complexity index is 663. The minimum atomic E-state index is -0.0335. The lowest BCUT2D eigenvalue weighted by Gasteiger charge is -2.38. The molecule has 5 heteroatoms. The van der Waals surface area contributed by atoms with Crippen LogP contribution in [-0.2, 0) is 9.59 Å². The molecular formula is C29H51N3O2. The summed E-state index contributed by atoms with van der Waals surface area (Å²) in [5.41, 5.74) is 0. The molecule has 1 N–H and O–H groups in total. The van der Waals surface area contributed by atoms with Gasteiger partial charge in [0.05, 0.1) is 6.04 Å². The van der Waals surface area contributed by atoms with Gasteiger partial charge in [-0.2, -0.15) is 0 Å². The van der Waals surface area contributed by atoms with E-state index in [9.17, 15) is 9.59 Å². The van der Waals surface area contributed by atoms with E-state index in [0.717, 1.165) is 32.4 Å². The molecule has 4 rings (SSSR count). The zero-order valence-corrected chi connectivity index (χ0v) is 22.4. The second-order valence-corrected chi connectivity index (χ2v) is 12.8. The lowest BCUT2D eigenvalue weighted by Crippen LogP contribution is -2.48. The average Bonchev–Trinajstić information content (AvgIpc) is 3.40. The summed E-state index contributed by atoms with van der Waals surface area (Å²) < 4.78 is 0. The van der Waals surface area contributed by atoms with E-state index >= 15 is 0 Å². The van der Waals surface area contributed by atoms with Crippen LogP contribution in [0.15, 0.2) is 0 Å². The standard InChI is InChI=1S/C29H51N3O2/c1-20(2)17-26(31(3)4)29(34)32-18-23-15-16-25(24(23)19-32)30-28(33)27(21-11-7-5-8-12-21)22-13-9-6-10-14-22/h20-27H,5-19H2,1-4H3,(H,30,33)/t23?,24?,25?,26-/m1/s1. The van der Waals surface area contributed by atoms with Crippen LogP contribution in [0.2, 0.25) is 0 Å². The highest BCUT2D eigenvalue weighted by Crippen LogP contribution is 2.42. The molecule has 0 aromatic heterocycles. The molecule has 1 saturated heterocycles. The summed E-state index contributed by atoms with van der Waals surface area (Å²) >= 11 is 0. The number of amides is 2. The predicted octanol–water partition coefficient (Wildman–Crippen LogP) is 5.09. The Morgan fingerprint density at radius 3 is 1.97 bits per heavy atom. The number of likely N-dealkylation sites (N-methyl/N-ethyl adjacent to an activating group) is 1. The van der Waals surface area contributed by atoms with Crippen LogP contribution in [0, 0.1) is 35.5 Å². The number of rotatable bonds is 8. The molecule has 2 amide bonds. The Hall–Kier alpha value is -1.10. The van der Waals surface area contributed by atoms with Crippen LogP contribution >= 0.6 is 0 Å². The van der Waals surface area contributed by atoms with Gasteiger partial charge in [0, 0.05) is 31.0 Å². The maximum Gasteiger partial charge on any atom is 0.239 e. The number of fused-ring (bicyclic) bond motifs is 1. The highest BCUT2D eigenvalue weighted by Gasteiger charge is 2.47. The Kier molecular flexibility index (Phi) is 8.98. The van der Waals surface area contributed by atoms with Crippen LogP contribution < -0.4 is 5.32 Å². The van der Waals surface area contributed by atoms with Crippen LogP contribution in [-0.4, -0.2) is 60.9 Å². The van der Waals surface area contributed by atoms with Crippen molar-refractivity contribution in [3.8, 4) is 0 Å². The lowest BCUT2D eigenvalue weighted by atomic mass is 9.69. The Labute approximate surface area is 208 Å². The zero-order valence-electron chi connectivity index (χ0n) is 22.4. The van der Waals surface area contributed by atoms with Gasteiger partial charge in [0.15, 0.2) is 0 Å². The van der Waals surface area contributed by atoms with E-state index in [-0.39, 0.29) is 18.0 Å². The highest BCUT2D eigenvalue weighted by molar-refractivity contribution is 5.82. The van der Waals surface area contributed by atoms with E-state index in [0.29, 0.717) is 41.4 Å². The van der Waals surface area contributed by atoms with Gasteiger partial charge in [-0.1, -0.05) is 52.4 Å². The molecule has 1 aliphatic heterocycles. The van der Waals surface area contributed by atoms with Gasteiger partial charge in [0.25, 0.3) is 0 Å². The molecule has 5 nitrogen and oxygen atoms in total. The van der Waals surface area contributed by atoms with Gasteiger partial charge >= 0.3 is 0 Å². The van der Waals surface area contributed by atoms with Crippen molar-refractivity contribution in [1.29, 1.82) is 0 Å². The first-order valence-corrected chi connectivity index (χ1v) is 14.6. The molecule has 3 saturated carbocycles. The molecule has 4 fully saturated rings. The van der Waals surface area contributed by atoms with E-state index in [1.807, 2.05) is 14.1 Å². The van der Waals surface area contributed by atoms with Crippen LogP contribution in [0.1, 0.15) is 97.3 Å². The zero-order chi connectivity index (χ0) is 24.2. The number of hydrogen-bond donors (Lipinski definition) is 1. The summed E-state index contributed by atoms with van der Waals surface area (Å²) in [5, 5.41) is 3.60. The molecule has 3 aliphatic carbocycles. The molecule has 1 heterocycles. The van der Waals surface area contributed by atoms with Gasteiger partial charge < -0.3 is 10.2 Å². The molecule has 4 aliphatic rings. The first-order valence-electron chi connectivity index (χ1n) is 14.6. The molecule has 0 radical (unpaired) electrons. The number of carbonyl (C=O) groups excluding carboxylic acids is 2. The minimum Gasteiger partial charge on any atom is -0.353 e. The van der Waals surface area contributed by atoms with E-state index in [4.69, 9.17) is 0 Å². The summed E-state index contributed by atoms with van der Waals surface area (Å²) in [6.45, 7) is 6.10. The summed E-state index contributed by atoms with van der Waals surface area (Å²) in [6, 6.07) is 0.224. The molecule has 0 bridgehead atoms. The van der Waals surface area contributed by atoms with Crippen LogP contribution in [0.3, 0.4) is 0 Å². The number of hydrogen-bond acceptors (Lipinski definition) is 3. The third-order valence-corrected chi connectivity index (χ3v) is 9.72. The molecule has 0 aromatic carbocycles. The minimum absolute atomic E-state index is 0.0335. The van der Waals surface area contributed by atoms with E-state index in [2.05, 4.69) is 29.0 Å². The smallest absolute Gasteiger partial charge is 0.239 e. The van der Waals surface area contributed by atoms with Crippen molar-refractivity contribution in [3.05, 3.63) is 0 Å². The number of nitrogens with one attached hydrogen (secondary N) is 1. The van der Waals surface area contributed by atoms with Crippen molar-refractivity contribution in [3.63, 3.8) is 0 Å². The van der Waals surface area contributed by atoms with Gasteiger partial charge in [-0.3, -0.25) is 14.5 Å². The molecular weight excluding hydrogens is 422 g/mol. The van der Waals surface area contributed by atoms with Crippen molar-refractivity contribution in [1.82, 2.24) is 15.1 Å². The fourth-order valence-electron chi connectivity index (χ4n) is 7.89. The van der Waals surface area contributed by atoms with E-state index in [1.165, 1.54) is 64.2 Å². The molecule has 34 heavy (non-hydrogen) atoms. The van der Waals surface area contributed by atoms with Gasteiger partial charge in [0.1, 0.15) is 0 Å². The maximum atomic E-state index is 13.8. The maximum absolute atomic E-state index is 13.8. The Morgan fingerprint density at radius 2 is 1.44 bits per heavy atom. The van der Waals surface area contributed by atoms with E-state index in [1.54, 1.807) is 0 Å². The number of nitrogens with zero attached hydrogens (tertiary/aromatic N) is 2. The van der Waals surface area contributed by atoms with Gasteiger partial charge in [-0.15, -0.1) is 0 Å².